The van der Waals surface area contributed by atoms with Crippen molar-refractivity contribution in [3.63, 3.8) is 0 Å². The third kappa shape index (κ3) is 6.95. The van der Waals surface area contributed by atoms with Crippen LogP contribution in [0.1, 0.15) is 25.0 Å². The van der Waals surface area contributed by atoms with Gasteiger partial charge in [-0.3, -0.25) is 9.59 Å². The first kappa shape index (κ1) is 21.3. The highest BCUT2D eigenvalue weighted by molar-refractivity contribution is 5.81. The number of nitrogens with one attached hydrogen (secondary N) is 2. The van der Waals surface area contributed by atoms with Crippen molar-refractivity contribution in [2.24, 2.45) is 0 Å². The minimum atomic E-state index is -0.623. The van der Waals surface area contributed by atoms with Gasteiger partial charge in [-0.1, -0.05) is 35.4 Å². The molecule has 2 amide bonds. The molecule has 150 valence electrons. The van der Waals surface area contributed by atoms with Gasteiger partial charge >= 0.3 is 0 Å². The third-order valence-electron chi connectivity index (χ3n) is 4.13. The fourth-order valence-corrected chi connectivity index (χ4v) is 2.41. The summed E-state index contributed by atoms with van der Waals surface area (Å²) in [6.07, 6.45) is -1.25. The second kappa shape index (κ2) is 10.3. The lowest BCUT2D eigenvalue weighted by molar-refractivity contribution is -0.129. The maximum absolute atomic E-state index is 12.1. The van der Waals surface area contributed by atoms with Crippen LogP contribution in [0.25, 0.3) is 0 Å². The summed E-state index contributed by atoms with van der Waals surface area (Å²) < 4.78 is 11.2. The summed E-state index contributed by atoms with van der Waals surface area (Å²) in [5.74, 6) is 0.810. The second-order valence-electron chi connectivity index (χ2n) is 6.73. The van der Waals surface area contributed by atoms with Gasteiger partial charge in [-0.05, 0) is 52.0 Å². The Morgan fingerprint density at radius 1 is 0.714 bits per heavy atom. The topological polar surface area (TPSA) is 76.7 Å². The zero-order valence-corrected chi connectivity index (χ0v) is 16.8. The second-order valence-corrected chi connectivity index (χ2v) is 6.73. The molecule has 0 aliphatic rings. The first-order chi connectivity index (χ1) is 13.3. The highest BCUT2D eigenvalue weighted by Gasteiger charge is 2.16. The zero-order valence-electron chi connectivity index (χ0n) is 16.8. The molecule has 6 nitrogen and oxygen atoms in total. The van der Waals surface area contributed by atoms with Crippen LogP contribution in [0.2, 0.25) is 0 Å². The molecular weight excluding hydrogens is 356 g/mol. The molecule has 28 heavy (non-hydrogen) atoms. The quantitative estimate of drug-likeness (QED) is 0.652. The van der Waals surface area contributed by atoms with Crippen LogP contribution in [0.3, 0.4) is 0 Å². The molecule has 2 aromatic rings. The third-order valence-corrected chi connectivity index (χ3v) is 4.13. The van der Waals surface area contributed by atoms with Crippen molar-refractivity contribution in [2.75, 3.05) is 13.1 Å². The van der Waals surface area contributed by atoms with E-state index in [1.165, 1.54) is 0 Å². The molecule has 0 aliphatic heterocycles. The van der Waals surface area contributed by atoms with Crippen LogP contribution in [0.5, 0.6) is 11.5 Å². The van der Waals surface area contributed by atoms with Crippen molar-refractivity contribution in [3.05, 3.63) is 59.7 Å². The average molecular weight is 384 g/mol. The van der Waals surface area contributed by atoms with Gasteiger partial charge < -0.3 is 20.1 Å². The maximum Gasteiger partial charge on any atom is 0.260 e. The summed E-state index contributed by atoms with van der Waals surface area (Å²) >= 11 is 0. The highest BCUT2D eigenvalue weighted by atomic mass is 16.5. The molecule has 0 bridgehead atoms. The van der Waals surface area contributed by atoms with Gasteiger partial charge in [0.15, 0.2) is 12.2 Å². The molecule has 0 aliphatic carbocycles. The van der Waals surface area contributed by atoms with Crippen LogP contribution in [0.15, 0.2) is 48.5 Å². The Morgan fingerprint density at radius 2 is 1.04 bits per heavy atom. The van der Waals surface area contributed by atoms with E-state index in [0.717, 1.165) is 11.1 Å². The predicted molar refractivity (Wildman–Crippen MR) is 109 cm³/mol. The number of benzene rings is 2. The van der Waals surface area contributed by atoms with Crippen LogP contribution >= 0.6 is 0 Å². The van der Waals surface area contributed by atoms with Gasteiger partial charge in [0.1, 0.15) is 11.5 Å². The number of carbonyl (C=O) groups excluding carboxylic acids is 2. The van der Waals surface area contributed by atoms with E-state index >= 15 is 0 Å². The van der Waals surface area contributed by atoms with Gasteiger partial charge in [0.25, 0.3) is 11.8 Å². The molecule has 0 spiro atoms. The van der Waals surface area contributed by atoms with Gasteiger partial charge in [0.05, 0.1) is 0 Å². The van der Waals surface area contributed by atoms with Crippen LogP contribution in [-0.4, -0.2) is 37.1 Å². The van der Waals surface area contributed by atoms with Gasteiger partial charge in [0.2, 0.25) is 0 Å². The Kier molecular flexibility index (Phi) is 7.87. The van der Waals surface area contributed by atoms with Crippen LogP contribution in [0, 0.1) is 13.8 Å². The molecule has 0 saturated heterocycles. The maximum atomic E-state index is 12.1. The van der Waals surface area contributed by atoms with Crippen molar-refractivity contribution in [2.45, 2.75) is 39.9 Å². The molecule has 0 aromatic heterocycles. The monoisotopic (exact) mass is 384 g/mol. The van der Waals surface area contributed by atoms with E-state index in [-0.39, 0.29) is 11.8 Å². The molecule has 0 fully saturated rings. The number of aryl methyl sites for hydroxylation is 2. The average Bonchev–Trinajstić information content (AvgIpc) is 2.68. The van der Waals surface area contributed by atoms with E-state index in [1.807, 2.05) is 62.4 Å². The molecule has 6 heteroatoms. The normalized spacial score (nSPS) is 12.6. The van der Waals surface area contributed by atoms with E-state index in [0.29, 0.717) is 24.6 Å². The summed E-state index contributed by atoms with van der Waals surface area (Å²) in [5.41, 5.74) is 2.25. The molecule has 2 rings (SSSR count). The van der Waals surface area contributed by atoms with Crippen molar-refractivity contribution in [1.29, 1.82) is 0 Å². The molecule has 0 radical (unpaired) electrons. The fraction of sp³-hybridized carbons (Fsp3) is 0.364. The Morgan fingerprint density at radius 3 is 1.36 bits per heavy atom. The molecule has 0 unspecified atom stereocenters. The minimum Gasteiger partial charge on any atom is -0.481 e. The Balaban J connectivity index is 1.66. The van der Waals surface area contributed by atoms with E-state index < -0.39 is 12.2 Å². The number of amides is 2. The first-order valence-electron chi connectivity index (χ1n) is 9.37. The summed E-state index contributed by atoms with van der Waals surface area (Å²) in [6.45, 7) is 7.96. The van der Waals surface area contributed by atoms with Gasteiger partial charge in [-0.2, -0.15) is 0 Å². The lowest BCUT2D eigenvalue weighted by Crippen LogP contribution is -2.43. The smallest absolute Gasteiger partial charge is 0.260 e. The summed E-state index contributed by atoms with van der Waals surface area (Å²) in [4.78, 5) is 24.2. The minimum absolute atomic E-state index is 0.237. The van der Waals surface area contributed by atoms with Gasteiger partial charge in [-0.15, -0.1) is 0 Å². The van der Waals surface area contributed by atoms with Crippen molar-refractivity contribution >= 4 is 11.8 Å². The van der Waals surface area contributed by atoms with Gasteiger partial charge in [0, 0.05) is 13.1 Å². The standard InChI is InChI=1S/C22H28N2O4/c1-15-5-9-19(10-6-15)27-17(3)21(25)23-13-14-24-22(26)18(4)28-20-11-7-16(2)8-12-20/h5-12,17-18H,13-14H2,1-4H3,(H,23,25)(H,24,26)/t17-,18+. The summed E-state index contributed by atoms with van der Waals surface area (Å²) in [6, 6.07) is 15.0. The lowest BCUT2D eigenvalue weighted by atomic mass is 10.2. The molecule has 0 saturated carbocycles. The highest BCUT2D eigenvalue weighted by Crippen LogP contribution is 2.14. The molecular formula is C22H28N2O4. The zero-order chi connectivity index (χ0) is 20.5. The van der Waals surface area contributed by atoms with E-state index in [2.05, 4.69) is 10.6 Å². The Bertz CT molecular complexity index is 705. The molecule has 2 atom stereocenters. The largest absolute Gasteiger partial charge is 0.481 e. The Hall–Kier alpha value is -3.02. The number of ether oxygens (including phenoxy) is 2. The van der Waals surface area contributed by atoms with Crippen molar-refractivity contribution in [3.8, 4) is 11.5 Å². The van der Waals surface area contributed by atoms with E-state index in [9.17, 15) is 9.59 Å². The van der Waals surface area contributed by atoms with Crippen LogP contribution < -0.4 is 20.1 Å². The van der Waals surface area contributed by atoms with E-state index in [4.69, 9.17) is 9.47 Å². The fourth-order valence-electron chi connectivity index (χ4n) is 2.41. The van der Waals surface area contributed by atoms with E-state index in [1.54, 1.807) is 13.8 Å². The van der Waals surface area contributed by atoms with Crippen molar-refractivity contribution < 1.29 is 19.1 Å². The first-order valence-corrected chi connectivity index (χ1v) is 9.37. The SMILES string of the molecule is Cc1ccc(O[C@@H](C)C(=O)NCCNC(=O)[C@@H](C)Oc2ccc(C)cc2)cc1. The number of carbonyl (C=O) groups is 2. The van der Waals surface area contributed by atoms with Crippen LogP contribution in [-0.2, 0) is 9.59 Å². The number of hydrogen-bond acceptors (Lipinski definition) is 4. The van der Waals surface area contributed by atoms with Crippen LogP contribution in [0.4, 0.5) is 0 Å². The Labute approximate surface area is 166 Å². The number of rotatable bonds is 9. The summed E-state index contributed by atoms with van der Waals surface area (Å²) in [7, 11) is 0. The van der Waals surface area contributed by atoms with Gasteiger partial charge in [-0.25, -0.2) is 0 Å². The molecule has 2 aromatic carbocycles. The summed E-state index contributed by atoms with van der Waals surface area (Å²) in [5, 5.41) is 5.49. The predicted octanol–water partition coefficient (Wildman–Crippen LogP) is 2.77. The molecule has 0 heterocycles. The lowest BCUT2D eigenvalue weighted by Gasteiger charge is -2.16. The molecule has 2 N–H and O–H groups in total. The van der Waals surface area contributed by atoms with Crippen molar-refractivity contribution in [1.82, 2.24) is 10.6 Å². The number of hydrogen-bond donors (Lipinski definition) is 2.